The number of hydrogen-bond acceptors (Lipinski definition) is 4. The van der Waals surface area contributed by atoms with Crippen LogP contribution in [0.1, 0.15) is 44.6 Å². The summed E-state index contributed by atoms with van der Waals surface area (Å²) in [7, 11) is 0. The summed E-state index contributed by atoms with van der Waals surface area (Å²) in [5, 5.41) is 9.04. The highest BCUT2D eigenvalue weighted by Gasteiger charge is 2.25. The molecule has 0 radical (unpaired) electrons. The molecule has 1 saturated heterocycles. The second-order valence-electron chi connectivity index (χ2n) is 4.97. The molecule has 1 aliphatic rings. The standard InChI is InChI=1S/C13H21N3O/c1-10(2)11-8-14-13(15-9-11)16-6-3-4-12(16)5-7-17/h8-10,12,17H,3-7H2,1-2H3. The Balaban J connectivity index is 2.10. The van der Waals surface area contributed by atoms with Crippen LogP contribution in [0.5, 0.6) is 0 Å². The Morgan fingerprint density at radius 2 is 2.12 bits per heavy atom. The van der Waals surface area contributed by atoms with Gasteiger partial charge in [-0.2, -0.15) is 0 Å². The first-order valence-electron chi connectivity index (χ1n) is 6.42. The van der Waals surface area contributed by atoms with Crippen molar-refractivity contribution in [1.29, 1.82) is 0 Å². The van der Waals surface area contributed by atoms with Crippen molar-refractivity contribution in [1.82, 2.24) is 9.97 Å². The van der Waals surface area contributed by atoms with Gasteiger partial charge in [-0.1, -0.05) is 13.8 Å². The number of hydrogen-bond donors (Lipinski definition) is 1. The maximum absolute atomic E-state index is 9.04. The molecule has 0 saturated carbocycles. The molecular weight excluding hydrogens is 214 g/mol. The quantitative estimate of drug-likeness (QED) is 0.866. The lowest BCUT2D eigenvalue weighted by molar-refractivity contribution is 0.275. The molecule has 4 nitrogen and oxygen atoms in total. The first-order valence-corrected chi connectivity index (χ1v) is 6.42. The summed E-state index contributed by atoms with van der Waals surface area (Å²) in [4.78, 5) is 11.1. The second-order valence-corrected chi connectivity index (χ2v) is 4.97. The van der Waals surface area contributed by atoms with Crippen molar-refractivity contribution >= 4 is 5.95 Å². The minimum Gasteiger partial charge on any atom is -0.396 e. The third kappa shape index (κ3) is 2.75. The maximum atomic E-state index is 9.04. The third-order valence-corrected chi connectivity index (χ3v) is 3.42. The molecular formula is C13H21N3O. The fourth-order valence-corrected chi connectivity index (χ4v) is 2.33. The van der Waals surface area contributed by atoms with E-state index in [4.69, 9.17) is 5.11 Å². The SMILES string of the molecule is CC(C)c1cnc(N2CCCC2CCO)nc1. The van der Waals surface area contributed by atoms with E-state index in [1.54, 1.807) is 0 Å². The number of rotatable bonds is 4. The highest BCUT2D eigenvalue weighted by atomic mass is 16.3. The van der Waals surface area contributed by atoms with E-state index in [0.29, 0.717) is 12.0 Å². The number of aliphatic hydroxyl groups is 1. The minimum absolute atomic E-state index is 0.241. The van der Waals surface area contributed by atoms with Gasteiger partial charge >= 0.3 is 0 Å². The summed E-state index contributed by atoms with van der Waals surface area (Å²) < 4.78 is 0. The molecule has 1 N–H and O–H groups in total. The first kappa shape index (κ1) is 12.3. The highest BCUT2D eigenvalue weighted by Crippen LogP contribution is 2.24. The first-order chi connectivity index (χ1) is 8.22. The number of nitrogens with zero attached hydrogens (tertiary/aromatic N) is 3. The molecule has 1 fully saturated rings. The zero-order valence-corrected chi connectivity index (χ0v) is 10.6. The summed E-state index contributed by atoms with van der Waals surface area (Å²) in [6.07, 6.45) is 6.95. The normalized spacial score (nSPS) is 20.2. The monoisotopic (exact) mass is 235 g/mol. The van der Waals surface area contributed by atoms with Gasteiger partial charge in [0.2, 0.25) is 5.95 Å². The summed E-state index contributed by atoms with van der Waals surface area (Å²) in [6.45, 7) is 5.53. The predicted octanol–water partition coefficient (Wildman–Crippen LogP) is 1.95. The van der Waals surface area contributed by atoms with Crippen LogP contribution in [0.4, 0.5) is 5.95 Å². The largest absolute Gasteiger partial charge is 0.396 e. The molecule has 4 heteroatoms. The van der Waals surface area contributed by atoms with Crippen molar-refractivity contribution in [2.45, 2.75) is 45.1 Å². The summed E-state index contributed by atoms with van der Waals surface area (Å²) in [5.41, 5.74) is 1.17. The Bertz CT molecular complexity index is 350. The Kier molecular flexibility index (Phi) is 3.94. The van der Waals surface area contributed by atoms with Crippen LogP contribution >= 0.6 is 0 Å². The lowest BCUT2D eigenvalue weighted by Gasteiger charge is -2.24. The van der Waals surface area contributed by atoms with Gasteiger partial charge < -0.3 is 10.0 Å². The lowest BCUT2D eigenvalue weighted by Crippen LogP contribution is -2.31. The van der Waals surface area contributed by atoms with Crippen molar-refractivity contribution in [2.75, 3.05) is 18.1 Å². The summed E-state index contributed by atoms with van der Waals surface area (Å²) in [5.74, 6) is 1.28. The number of aromatic nitrogens is 2. The van der Waals surface area contributed by atoms with Gasteiger partial charge in [0.05, 0.1) is 0 Å². The Morgan fingerprint density at radius 1 is 1.41 bits per heavy atom. The van der Waals surface area contributed by atoms with Gasteiger partial charge in [-0.3, -0.25) is 0 Å². The van der Waals surface area contributed by atoms with Crippen LogP contribution in [-0.2, 0) is 0 Å². The number of anilines is 1. The predicted molar refractivity (Wildman–Crippen MR) is 68.2 cm³/mol. The molecule has 1 unspecified atom stereocenters. The van der Waals surface area contributed by atoms with Crippen molar-refractivity contribution in [3.05, 3.63) is 18.0 Å². The summed E-state index contributed by atoms with van der Waals surface area (Å²) in [6, 6.07) is 0.407. The molecule has 0 aliphatic carbocycles. The van der Waals surface area contributed by atoms with Gasteiger partial charge in [0.1, 0.15) is 0 Å². The Morgan fingerprint density at radius 3 is 2.71 bits per heavy atom. The highest BCUT2D eigenvalue weighted by molar-refractivity contribution is 5.33. The molecule has 1 atom stereocenters. The molecule has 0 bridgehead atoms. The molecule has 2 heterocycles. The topological polar surface area (TPSA) is 49.2 Å². The minimum atomic E-state index is 0.241. The molecule has 1 aromatic rings. The van der Waals surface area contributed by atoms with Gasteiger partial charge in [0, 0.05) is 31.6 Å². The van der Waals surface area contributed by atoms with E-state index in [1.807, 2.05) is 12.4 Å². The van der Waals surface area contributed by atoms with E-state index in [9.17, 15) is 0 Å². The van der Waals surface area contributed by atoms with Crippen molar-refractivity contribution in [2.24, 2.45) is 0 Å². The maximum Gasteiger partial charge on any atom is 0.225 e. The molecule has 0 aromatic carbocycles. The zero-order valence-electron chi connectivity index (χ0n) is 10.6. The molecule has 0 amide bonds. The van der Waals surface area contributed by atoms with Gasteiger partial charge in [0.25, 0.3) is 0 Å². The van der Waals surface area contributed by atoms with Gasteiger partial charge in [-0.25, -0.2) is 9.97 Å². The van der Waals surface area contributed by atoms with Crippen LogP contribution in [0.25, 0.3) is 0 Å². The van der Waals surface area contributed by atoms with Crippen LogP contribution in [0.2, 0.25) is 0 Å². The van der Waals surface area contributed by atoms with Crippen molar-refractivity contribution < 1.29 is 5.11 Å². The fourth-order valence-electron chi connectivity index (χ4n) is 2.33. The average molecular weight is 235 g/mol. The van der Waals surface area contributed by atoms with Crippen LogP contribution in [0.3, 0.4) is 0 Å². The zero-order chi connectivity index (χ0) is 12.3. The Labute approximate surface area is 103 Å². The van der Waals surface area contributed by atoms with Gasteiger partial charge in [-0.15, -0.1) is 0 Å². The van der Waals surface area contributed by atoms with E-state index in [2.05, 4.69) is 28.7 Å². The van der Waals surface area contributed by atoms with E-state index in [1.165, 1.54) is 12.0 Å². The molecule has 1 aliphatic heterocycles. The third-order valence-electron chi connectivity index (χ3n) is 3.42. The molecule has 0 spiro atoms. The van der Waals surface area contributed by atoms with Crippen LogP contribution < -0.4 is 4.90 Å². The Hall–Kier alpha value is -1.16. The van der Waals surface area contributed by atoms with E-state index >= 15 is 0 Å². The van der Waals surface area contributed by atoms with Crippen molar-refractivity contribution in [3.63, 3.8) is 0 Å². The average Bonchev–Trinajstić information content (AvgIpc) is 2.78. The van der Waals surface area contributed by atoms with E-state index < -0.39 is 0 Å². The molecule has 1 aromatic heterocycles. The van der Waals surface area contributed by atoms with Crippen LogP contribution in [0.15, 0.2) is 12.4 Å². The number of aliphatic hydroxyl groups excluding tert-OH is 1. The molecule has 17 heavy (non-hydrogen) atoms. The van der Waals surface area contributed by atoms with Gasteiger partial charge in [0.15, 0.2) is 0 Å². The van der Waals surface area contributed by atoms with Crippen LogP contribution in [-0.4, -0.2) is 34.3 Å². The summed E-state index contributed by atoms with van der Waals surface area (Å²) >= 11 is 0. The van der Waals surface area contributed by atoms with Crippen LogP contribution in [0, 0.1) is 0 Å². The fraction of sp³-hybridized carbons (Fsp3) is 0.692. The van der Waals surface area contributed by atoms with E-state index in [0.717, 1.165) is 25.3 Å². The molecule has 94 valence electrons. The molecule has 2 rings (SSSR count). The van der Waals surface area contributed by atoms with E-state index in [-0.39, 0.29) is 6.61 Å². The van der Waals surface area contributed by atoms with Crippen molar-refractivity contribution in [3.8, 4) is 0 Å². The lowest BCUT2D eigenvalue weighted by atomic mass is 10.1. The van der Waals surface area contributed by atoms with Gasteiger partial charge in [-0.05, 0) is 30.7 Å². The smallest absolute Gasteiger partial charge is 0.225 e. The second kappa shape index (κ2) is 5.45.